The summed E-state index contributed by atoms with van der Waals surface area (Å²) in [5.74, 6) is -3.04. The average molecular weight is 266 g/mol. The van der Waals surface area contributed by atoms with Gasteiger partial charge in [-0.2, -0.15) is 4.31 Å². The molecule has 0 spiro atoms. The molecule has 1 atom stereocenters. The number of rotatable bonds is 5. The van der Waals surface area contributed by atoms with Crippen molar-refractivity contribution in [2.24, 2.45) is 0 Å². The number of nitrogens with one attached hydrogen (secondary N) is 1. The van der Waals surface area contributed by atoms with Crippen molar-refractivity contribution in [3.05, 3.63) is 0 Å². The van der Waals surface area contributed by atoms with Gasteiger partial charge >= 0.3 is 11.9 Å². The summed E-state index contributed by atoms with van der Waals surface area (Å²) in [4.78, 5) is 21.2. The molecule has 3 N–H and O–H groups in total. The Morgan fingerprint density at radius 1 is 1.35 bits per heavy atom. The molecule has 0 aromatic rings. The molecule has 0 saturated carbocycles. The average Bonchev–Trinajstić information content (AvgIpc) is 2.26. The fourth-order valence-corrected chi connectivity index (χ4v) is 3.15. The van der Waals surface area contributed by atoms with Gasteiger partial charge in [-0.05, 0) is 0 Å². The number of sulfonamides is 1. The van der Waals surface area contributed by atoms with Gasteiger partial charge in [0, 0.05) is 19.6 Å². The van der Waals surface area contributed by atoms with Crippen LogP contribution in [-0.4, -0.2) is 66.3 Å². The molecule has 1 rings (SSSR count). The summed E-state index contributed by atoms with van der Waals surface area (Å²) in [5.41, 5.74) is 0. The maximum absolute atomic E-state index is 11.8. The van der Waals surface area contributed by atoms with E-state index in [1.807, 2.05) is 0 Å². The molecule has 0 amide bonds. The molecule has 1 saturated heterocycles. The van der Waals surface area contributed by atoms with Gasteiger partial charge in [-0.3, -0.25) is 9.59 Å². The van der Waals surface area contributed by atoms with E-state index in [0.717, 1.165) is 4.31 Å². The van der Waals surface area contributed by atoms with E-state index in [1.165, 1.54) is 0 Å². The fraction of sp³-hybridized carbons (Fsp3) is 0.750. The van der Waals surface area contributed by atoms with E-state index in [4.69, 9.17) is 10.2 Å². The lowest BCUT2D eigenvalue weighted by Gasteiger charge is -2.32. The van der Waals surface area contributed by atoms with Crippen molar-refractivity contribution in [3.8, 4) is 0 Å². The van der Waals surface area contributed by atoms with Crippen molar-refractivity contribution < 1.29 is 28.2 Å². The minimum Gasteiger partial charge on any atom is -0.481 e. The molecule has 1 aliphatic heterocycles. The zero-order chi connectivity index (χ0) is 13.1. The largest absolute Gasteiger partial charge is 0.481 e. The van der Waals surface area contributed by atoms with Crippen molar-refractivity contribution in [2.45, 2.75) is 12.5 Å². The Hall–Kier alpha value is -1.19. The van der Waals surface area contributed by atoms with E-state index in [1.54, 1.807) is 0 Å². The second-order valence-electron chi connectivity index (χ2n) is 3.63. The normalized spacial score (nSPS) is 22.2. The summed E-state index contributed by atoms with van der Waals surface area (Å²) in [6.45, 7) is 0.427. The van der Waals surface area contributed by atoms with Gasteiger partial charge < -0.3 is 15.5 Å². The molecule has 1 aliphatic rings. The lowest BCUT2D eigenvalue weighted by molar-refractivity contribution is -0.141. The van der Waals surface area contributed by atoms with Crippen LogP contribution in [0.5, 0.6) is 0 Å². The van der Waals surface area contributed by atoms with Crippen LogP contribution in [0.3, 0.4) is 0 Å². The number of hydrogen-bond donors (Lipinski definition) is 3. The molecule has 1 heterocycles. The molecule has 17 heavy (non-hydrogen) atoms. The van der Waals surface area contributed by atoms with Gasteiger partial charge in [0.1, 0.15) is 6.04 Å². The van der Waals surface area contributed by atoms with Crippen LogP contribution < -0.4 is 5.32 Å². The highest BCUT2D eigenvalue weighted by Crippen LogP contribution is 2.11. The van der Waals surface area contributed by atoms with Crippen LogP contribution in [0.4, 0.5) is 0 Å². The fourth-order valence-electron chi connectivity index (χ4n) is 1.56. The van der Waals surface area contributed by atoms with E-state index in [9.17, 15) is 18.0 Å². The third-order valence-corrected chi connectivity index (χ3v) is 4.28. The molecular weight excluding hydrogens is 252 g/mol. The molecule has 0 aliphatic carbocycles. The van der Waals surface area contributed by atoms with Gasteiger partial charge in [-0.1, -0.05) is 0 Å². The second kappa shape index (κ2) is 5.43. The first-order valence-corrected chi connectivity index (χ1v) is 6.60. The number of carbonyl (C=O) groups is 2. The summed E-state index contributed by atoms with van der Waals surface area (Å²) in [7, 11) is -3.84. The Kier molecular flexibility index (Phi) is 4.43. The first kappa shape index (κ1) is 13.9. The second-order valence-corrected chi connectivity index (χ2v) is 5.67. The first-order valence-electron chi connectivity index (χ1n) is 4.99. The van der Waals surface area contributed by atoms with Crippen LogP contribution in [0, 0.1) is 0 Å². The number of carboxylic acids is 2. The van der Waals surface area contributed by atoms with Crippen LogP contribution in [0.2, 0.25) is 0 Å². The summed E-state index contributed by atoms with van der Waals surface area (Å²) >= 11 is 0. The molecule has 1 unspecified atom stereocenters. The third-order valence-electron chi connectivity index (χ3n) is 2.41. The topological polar surface area (TPSA) is 124 Å². The Morgan fingerprint density at radius 3 is 2.53 bits per heavy atom. The standard InChI is InChI=1S/C8H14N2O6S/c11-7(12)1-4-17(15,16)10-3-2-9-5-6(10)8(13)14/h6,9H,1-5H2,(H,11,12)(H,13,14). The SMILES string of the molecule is O=C(O)CCS(=O)(=O)N1CCNCC1C(=O)O. The summed E-state index contributed by atoms with van der Waals surface area (Å²) in [6.07, 6.45) is -0.529. The summed E-state index contributed by atoms with van der Waals surface area (Å²) in [5, 5.41) is 20.1. The van der Waals surface area contributed by atoms with E-state index >= 15 is 0 Å². The zero-order valence-electron chi connectivity index (χ0n) is 9.00. The smallest absolute Gasteiger partial charge is 0.323 e. The molecule has 9 heteroatoms. The van der Waals surface area contributed by atoms with Crippen LogP contribution >= 0.6 is 0 Å². The highest BCUT2D eigenvalue weighted by molar-refractivity contribution is 7.89. The van der Waals surface area contributed by atoms with Gasteiger partial charge in [0.15, 0.2) is 0 Å². The Balaban J connectivity index is 2.79. The van der Waals surface area contributed by atoms with Gasteiger partial charge in [0.05, 0.1) is 12.2 Å². The minimum absolute atomic E-state index is 0.0294. The van der Waals surface area contributed by atoms with Crippen molar-refractivity contribution in [1.82, 2.24) is 9.62 Å². The molecule has 0 radical (unpaired) electrons. The molecule has 8 nitrogen and oxygen atoms in total. The summed E-state index contributed by atoms with van der Waals surface area (Å²) in [6, 6.07) is -1.16. The number of hydrogen-bond acceptors (Lipinski definition) is 5. The maximum atomic E-state index is 11.8. The quantitative estimate of drug-likeness (QED) is 0.533. The van der Waals surface area contributed by atoms with Crippen LogP contribution in [0.1, 0.15) is 6.42 Å². The first-order chi connectivity index (χ1) is 7.84. The predicted octanol–water partition coefficient (Wildman–Crippen LogP) is -1.85. The van der Waals surface area contributed by atoms with Crippen LogP contribution in [0.25, 0.3) is 0 Å². The van der Waals surface area contributed by atoms with Gasteiger partial charge in [0.2, 0.25) is 10.0 Å². The highest BCUT2D eigenvalue weighted by Gasteiger charge is 2.36. The van der Waals surface area contributed by atoms with Crippen molar-refractivity contribution in [1.29, 1.82) is 0 Å². The van der Waals surface area contributed by atoms with Crippen molar-refractivity contribution >= 4 is 22.0 Å². The molecule has 1 fully saturated rings. The number of piperazine rings is 1. The monoisotopic (exact) mass is 266 g/mol. The number of carboxylic acid groups (broad SMARTS) is 2. The van der Waals surface area contributed by atoms with Crippen LogP contribution in [0.15, 0.2) is 0 Å². The zero-order valence-corrected chi connectivity index (χ0v) is 9.81. The highest BCUT2D eigenvalue weighted by atomic mass is 32.2. The van der Waals surface area contributed by atoms with E-state index in [2.05, 4.69) is 5.32 Å². The Labute approximate surface area is 98.3 Å². The lowest BCUT2D eigenvalue weighted by Crippen LogP contribution is -2.57. The predicted molar refractivity (Wildman–Crippen MR) is 57.0 cm³/mol. The lowest BCUT2D eigenvalue weighted by atomic mass is 10.2. The molecule has 0 aromatic carbocycles. The van der Waals surface area contributed by atoms with Gasteiger partial charge in [-0.15, -0.1) is 0 Å². The molecular formula is C8H14N2O6S. The van der Waals surface area contributed by atoms with Crippen LogP contribution in [-0.2, 0) is 19.6 Å². The van der Waals surface area contributed by atoms with E-state index in [-0.39, 0.29) is 13.1 Å². The van der Waals surface area contributed by atoms with E-state index in [0.29, 0.717) is 6.54 Å². The molecule has 0 aromatic heterocycles. The molecule has 98 valence electrons. The van der Waals surface area contributed by atoms with E-state index < -0.39 is 40.2 Å². The van der Waals surface area contributed by atoms with Crippen molar-refractivity contribution in [2.75, 3.05) is 25.4 Å². The minimum atomic E-state index is -3.84. The van der Waals surface area contributed by atoms with Crippen molar-refractivity contribution in [3.63, 3.8) is 0 Å². The third kappa shape index (κ3) is 3.65. The number of nitrogens with zero attached hydrogens (tertiary/aromatic N) is 1. The number of aliphatic carboxylic acids is 2. The molecule has 0 bridgehead atoms. The Bertz CT molecular complexity index is 406. The maximum Gasteiger partial charge on any atom is 0.323 e. The summed E-state index contributed by atoms with van der Waals surface area (Å²) < 4.78 is 24.4. The van der Waals surface area contributed by atoms with Gasteiger partial charge in [0.25, 0.3) is 0 Å². The Morgan fingerprint density at radius 2 is 2.00 bits per heavy atom. The van der Waals surface area contributed by atoms with Gasteiger partial charge in [-0.25, -0.2) is 8.42 Å².